The summed E-state index contributed by atoms with van der Waals surface area (Å²) in [5.41, 5.74) is 0.0307. The molecule has 0 radical (unpaired) electrons. The summed E-state index contributed by atoms with van der Waals surface area (Å²) in [7, 11) is 0. The first-order valence-electron chi connectivity index (χ1n) is 7.00. The minimum Gasteiger partial charge on any atom is -0.347 e. The predicted molar refractivity (Wildman–Crippen MR) is 77.9 cm³/mol. The molecule has 7 heteroatoms. The minimum atomic E-state index is -0.329. The molecule has 21 heavy (non-hydrogen) atoms. The Hall–Kier alpha value is -2.44. The molecule has 0 fully saturated rings. The van der Waals surface area contributed by atoms with Gasteiger partial charge >= 0.3 is 0 Å². The van der Waals surface area contributed by atoms with E-state index in [2.05, 4.69) is 20.4 Å². The summed E-state index contributed by atoms with van der Waals surface area (Å²) in [4.78, 5) is 30.8. The van der Waals surface area contributed by atoms with Crippen molar-refractivity contribution in [2.75, 3.05) is 0 Å². The molecular formula is C14H19N5O2. The number of unbranched alkanes of at least 4 members (excludes halogenated alkanes) is 1. The molecule has 2 rings (SSSR count). The molecule has 2 N–H and O–H groups in total. The van der Waals surface area contributed by atoms with E-state index < -0.39 is 0 Å². The van der Waals surface area contributed by atoms with Crippen molar-refractivity contribution < 1.29 is 4.79 Å². The average Bonchev–Trinajstić information content (AvgIpc) is 3.00. The average molecular weight is 289 g/mol. The summed E-state index contributed by atoms with van der Waals surface area (Å²) in [6, 6.07) is 2.55. The topological polar surface area (TPSA) is 92.7 Å². The van der Waals surface area contributed by atoms with Crippen LogP contribution in [0.4, 0.5) is 0 Å². The highest BCUT2D eigenvalue weighted by Gasteiger charge is 2.15. The Balaban J connectivity index is 2.10. The fourth-order valence-electron chi connectivity index (χ4n) is 1.89. The molecule has 1 amide bonds. The number of nitrogens with one attached hydrogen (secondary N) is 2. The molecule has 0 saturated heterocycles. The predicted octanol–water partition coefficient (Wildman–Crippen LogP) is 1.26. The fourth-order valence-corrected chi connectivity index (χ4v) is 1.89. The molecule has 0 aliphatic heterocycles. The number of carbonyl (C=O) groups excluding carboxylic acids is 1. The molecule has 7 nitrogen and oxygen atoms in total. The quantitative estimate of drug-likeness (QED) is 0.837. The summed E-state index contributed by atoms with van der Waals surface area (Å²) in [5, 5.41) is 6.90. The Labute approximate surface area is 122 Å². The Morgan fingerprint density at radius 1 is 1.48 bits per heavy atom. The molecule has 0 aromatic carbocycles. The molecule has 1 unspecified atom stereocenters. The first kappa shape index (κ1) is 15.0. The number of amides is 1. The van der Waals surface area contributed by atoms with Gasteiger partial charge in [-0.1, -0.05) is 13.3 Å². The molecule has 0 saturated carbocycles. The normalized spacial score (nSPS) is 12.1. The highest BCUT2D eigenvalue weighted by atomic mass is 16.2. The first-order chi connectivity index (χ1) is 10.1. The van der Waals surface area contributed by atoms with Crippen molar-refractivity contribution in [3.63, 3.8) is 0 Å². The number of rotatable bonds is 6. The Bertz CT molecular complexity index is 648. The van der Waals surface area contributed by atoms with Gasteiger partial charge in [-0.2, -0.15) is 5.10 Å². The van der Waals surface area contributed by atoms with Crippen LogP contribution < -0.4 is 10.9 Å². The van der Waals surface area contributed by atoms with Gasteiger partial charge in [0.05, 0.1) is 6.04 Å². The molecule has 0 aliphatic rings. The summed E-state index contributed by atoms with van der Waals surface area (Å²) in [5.74, 6) is 0.340. The van der Waals surface area contributed by atoms with Gasteiger partial charge in [0.25, 0.3) is 11.5 Å². The number of nitrogens with zero attached hydrogens (tertiary/aromatic N) is 3. The molecule has 0 aliphatic carbocycles. The SMILES string of the molecule is CCCCn1nc(C(=O)NC(C)c2ncc[nH]2)ccc1=O. The number of aromatic amines is 1. The minimum absolute atomic E-state index is 0.195. The molecular weight excluding hydrogens is 270 g/mol. The highest BCUT2D eigenvalue weighted by Crippen LogP contribution is 2.06. The monoisotopic (exact) mass is 289 g/mol. The van der Waals surface area contributed by atoms with Gasteiger partial charge < -0.3 is 10.3 Å². The lowest BCUT2D eigenvalue weighted by molar-refractivity contribution is 0.0930. The van der Waals surface area contributed by atoms with Crippen LogP contribution in [0.15, 0.2) is 29.3 Å². The van der Waals surface area contributed by atoms with Crippen molar-refractivity contribution in [2.24, 2.45) is 0 Å². The lowest BCUT2D eigenvalue weighted by Gasteiger charge is -2.11. The van der Waals surface area contributed by atoms with Gasteiger partial charge in [0.15, 0.2) is 0 Å². The van der Waals surface area contributed by atoms with E-state index >= 15 is 0 Å². The third-order valence-corrected chi connectivity index (χ3v) is 3.10. The van der Waals surface area contributed by atoms with Crippen molar-refractivity contribution in [2.45, 2.75) is 39.3 Å². The second-order valence-corrected chi connectivity index (χ2v) is 4.80. The second kappa shape index (κ2) is 6.83. The lowest BCUT2D eigenvalue weighted by Crippen LogP contribution is -2.31. The van der Waals surface area contributed by atoms with Crippen LogP contribution in [0.2, 0.25) is 0 Å². The van der Waals surface area contributed by atoms with Crippen molar-refractivity contribution in [3.05, 3.63) is 46.4 Å². The molecule has 112 valence electrons. The van der Waals surface area contributed by atoms with E-state index in [1.165, 1.54) is 16.8 Å². The molecule has 0 spiro atoms. The van der Waals surface area contributed by atoms with Crippen LogP contribution in [0.3, 0.4) is 0 Å². The van der Waals surface area contributed by atoms with Crippen LogP contribution >= 0.6 is 0 Å². The van der Waals surface area contributed by atoms with Crippen LogP contribution in [0.25, 0.3) is 0 Å². The maximum atomic E-state index is 12.2. The van der Waals surface area contributed by atoms with Crippen molar-refractivity contribution in [1.82, 2.24) is 25.1 Å². The van der Waals surface area contributed by atoms with Crippen molar-refractivity contribution >= 4 is 5.91 Å². The van der Waals surface area contributed by atoms with Crippen molar-refractivity contribution in [3.8, 4) is 0 Å². The summed E-state index contributed by atoms with van der Waals surface area (Å²) in [6.45, 7) is 4.38. The molecule has 2 heterocycles. The number of H-pyrrole nitrogens is 1. The molecule has 1 atom stereocenters. The van der Waals surface area contributed by atoms with Gasteiger partial charge in [0, 0.05) is 25.0 Å². The highest BCUT2D eigenvalue weighted by molar-refractivity contribution is 5.92. The van der Waals surface area contributed by atoms with Crippen LogP contribution in [-0.4, -0.2) is 25.7 Å². The summed E-state index contributed by atoms with van der Waals surface area (Å²) in [6.07, 6.45) is 5.13. The summed E-state index contributed by atoms with van der Waals surface area (Å²) >= 11 is 0. The largest absolute Gasteiger partial charge is 0.347 e. The Kier molecular flexibility index (Phi) is 4.86. The zero-order valence-corrected chi connectivity index (χ0v) is 12.2. The van der Waals surface area contributed by atoms with Crippen molar-refractivity contribution in [1.29, 1.82) is 0 Å². The maximum Gasteiger partial charge on any atom is 0.272 e. The van der Waals surface area contributed by atoms with Crippen LogP contribution in [0.5, 0.6) is 0 Å². The van der Waals surface area contributed by atoms with E-state index in [1.54, 1.807) is 12.4 Å². The third kappa shape index (κ3) is 3.77. The third-order valence-electron chi connectivity index (χ3n) is 3.10. The van der Waals surface area contributed by atoms with Gasteiger partial charge in [0.2, 0.25) is 0 Å². The Morgan fingerprint density at radius 3 is 2.95 bits per heavy atom. The smallest absolute Gasteiger partial charge is 0.272 e. The number of hydrogen-bond donors (Lipinski definition) is 2. The standard InChI is InChI=1S/C14H19N5O2/c1-3-4-9-19-12(20)6-5-11(18-19)14(21)17-10(2)13-15-7-8-16-13/h5-8,10H,3-4,9H2,1-2H3,(H,15,16)(H,17,21). The van der Waals surface area contributed by atoms with Crippen LogP contribution in [0, 0.1) is 0 Å². The maximum absolute atomic E-state index is 12.2. The number of carbonyl (C=O) groups is 1. The zero-order chi connectivity index (χ0) is 15.2. The fraction of sp³-hybridized carbons (Fsp3) is 0.429. The van der Waals surface area contributed by atoms with Gasteiger partial charge in [-0.3, -0.25) is 9.59 Å². The molecule has 2 aromatic heterocycles. The number of aryl methyl sites for hydroxylation is 1. The van der Waals surface area contributed by atoms with E-state index in [4.69, 9.17) is 0 Å². The van der Waals surface area contributed by atoms with E-state index in [0.29, 0.717) is 12.4 Å². The lowest BCUT2D eigenvalue weighted by atomic mass is 10.3. The number of hydrogen-bond acceptors (Lipinski definition) is 4. The molecule has 2 aromatic rings. The Morgan fingerprint density at radius 2 is 2.29 bits per heavy atom. The van der Waals surface area contributed by atoms with Crippen LogP contribution in [0.1, 0.15) is 49.0 Å². The van der Waals surface area contributed by atoms with E-state index in [0.717, 1.165) is 12.8 Å². The first-order valence-corrected chi connectivity index (χ1v) is 7.00. The zero-order valence-electron chi connectivity index (χ0n) is 12.2. The molecule has 0 bridgehead atoms. The second-order valence-electron chi connectivity index (χ2n) is 4.80. The van der Waals surface area contributed by atoms with Gasteiger partial charge in [-0.25, -0.2) is 9.67 Å². The van der Waals surface area contributed by atoms with Gasteiger partial charge in [-0.15, -0.1) is 0 Å². The van der Waals surface area contributed by atoms with E-state index in [1.807, 2.05) is 13.8 Å². The summed E-state index contributed by atoms with van der Waals surface area (Å²) < 4.78 is 1.33. The number of aromatic nitrogens is 4. The van der Waals surface area contributed by atoms with Crippen LogP contribution in [-0.2, 0) is 6.54 Å². The van der Waals surface area contributed by atoms with Gasteiger partial charge in [-0.05, 0) is 19.4 Å². The number of imidazole rings is 1. The van der Waals surface area contributed by atoms with E-state index in [9.17, 15) is 9.59 Å². The van der Waals surface area contributed by atoms with E-state index in [-0.39, 0.29) is 23.2 Å². The van der Waals surface area contributed by atoms with Gasteiger partial charge in [0.1, 0.15) is 11.5 Å².